The Bertz CT molecular complexity index is 501. The molecule has 2 saturated heterocycles. The first-order chi connectivity index (χ1) is 11.2. The van der Waals surface area contributed by atoms with Gasteiger partial charge in [0.2, 0.25) is 5.91 Å². The van der Waals surface area contributed by atoms with E-state index in [2.05, 4.69) is 33.1 Å². The van der Waals surface area contributed by atoms with Gasteiger partial charge in [-0.05, 0) is 19.1 Å². The molecule has 1 aromatic rings. The number of amides is 1. The average Bonchev–Trinajstić information content (AvgIpc) is 2.61. The number of pyridine rings is 1. The Morgan fingerprint density at radius 2 is 2.09 bits per heavy atom. The predicted molar refractivity (Wildman–Crippen MR) is 91.6 cm³/mol. The van der Waals surface area contributed by atoms with Gasteiger partial charge in [0.1, 0.15) is 5.82 Å². The number of carbonyl (C=O) groups excluding carboxylic acids is 1. The van der Waals surface area contributed by atoms with E-state index in [4.69, 9.17) is 0 Å². The zero-order chi connectivity index (χ0) is 16.1. The number of nitrogens with zero attached hydrogens (tertiary/aromatic N) is 4. The van der Waals surface area contributed by atoms with Crippen LogP contribution in [0.4, 0.5) is 5.82 Å². The number of hydrogen-bond donors (Lipinski definition) is 1. The molecule has 0 saturated carbocycles. The third kappa shape index (κ3) is 4.42. The minimum atomic E-state index is 0.297. The van der Waals surface area contributed by atoms with Crippen LogP contribution < -0.4 is 10.2 Å². The fraction of sp³-hybridized carbons (Fsp3) is 0.647. The molecule has 1 aromatic heterocycles. The van der Waals surface area contributed by atoms with Crippen molar-refractivity contribution in [2.45, 2.75) is 19.4 Å². The van der Waals surface area contributed by atoms with Crippen molar-refractivity contribution in [3.63, 3.8) is 0 Å². The molecule has 0 bridgehead atoms. The summed E-state index contributed by atoms with van der Waals surface area (Å²) in [7, 11) is 0. The number of aromatic nitrogens is 1. The summed E-state index contributed by atoms with van der Waals surface area (Å²) in [6.07, 6.45) is 2.48. The quantitative estimate of drug-likeness (QED) is 0.872. The highest BCUT2D eigenvalue weighted by Crippen LogP contribution is 2.13. The molecular weight excluding hydrogens is 290 g/mol. The summed E-state index contributed by atoms with van der Waals surface area (Å²) in [5, 5.41) is 3.38. The van der Waals surface area contributed by atoms with Gasteiger partial charge in [-0.1, -0.05) is 6.07 Å². The molecule has 6 heteroatoms. The van der Waals surface area contributed by atoms with Crippen molar-refractivity contribution in [2.24, 2.45) is 0 Å². The molecule has 2 aliphatic heterocycles. The highest BCUT2D eigenvalue weighted by Gasteiger charge is 2.22. The Hall–Kier alpha value is -1.66. The fourth-order valence-electron chi connectivity index (χ4n) is 3.31. The maximum Gasteiger partial charge on any atom is 0.223 e. The van der Waals surface area contributed by atoms with Crippen LogP contribution in [0.5, 0.6) is 0 Å². The molecule has 2 fully saturated rings. The minimum Gasteiger partial charge on any atom is -0.354 e. The Kier molecular flexibility index (Phi) is 5.46. The van der Waals surface area contributed by atoms with Crippen LogP contribution in [-0.2, 0) is 4.79 Å². The lowest BCUT2D eigenvalue weighted by atomic mass is 10.2. The normalized spacial score (nSPS) is 23.1. The first-order valence-electron chi connectivity index (χ1n) is 8.62. The number of nitrogens with one attached hydrogen (secondary N) is 1. The van der Waals surface area contributed by atoms with E-state index in [1.165, 1.54) is 0 Å². The maximum absolute atomic E-state index is 12.3. The second-order valence-electron chi connectivity index (χ2n) is 6.46. The number of rotatable bonds is 4. The molecule has 23 heavy (non-hydrogen) atoms. The van der Waals surface area contributed by atoms with Crippen molar-refractivity contribution in [2.75, 3.05) is 57.3 Å². The van der Waals surface area contributed by atoms with Gasteiger partial charge in [-0.2, -0.15) is 0 Å². The third-order valence-corrected chi connectivity index (χ3v) is 4.71. The van der Waals surface area contributed by atoms with Gasteiger partial charge in [-0.15, -0.1) is 0 Å². The topological polar surface area (TPSA) is 51.7 Å². The first-order valence-corrected chi connectivity index (χ1v) is 8.62. The van der Waals surface area contributed by atoms with Crippen LogP contribution in [0.1, 0.15) is 13.3 Å². The van der Waals surface area contributed by atoms with Gasteiger partial charge >= 0.3 is 0 Å². The number of anilines is 1. The highest BCUT2D eigenvalue weighted by atomic mass is 16.2. The van der Waals surface area contributed by atoms with Crippen LogP contribution in [-0.4, -0.2) is 79.1 Å². The van der Waals surface area contributed by atoms with E-state index in [9.17, 15) is 4.79 Å². The number of hydrogen-bond acceptors (Lipinski definition) is 5. The Morgan fingerprint density at radius 1 is 1.26 bits per heavy atom. The summed E-state index contributed by atoms with van der Waals surface area (Å²) >= 11 is 0. The average molecular weight is 317 g/mol. The van der Waals surface area contributed by atoms with Crippen LogP contribution in [0.25, 0.3) is 0 Å². The maximum atomic E-state index is 12.3. The van der Waals surface area contributed by atoms with Gasteiger partial charge in [-0.25, -0.2) is 4.98 Å². The standard InChI is InChI=1S/C17H27N5O/c1-15-14-22(9-7-18-15)17(23)5-8-20-10-12-21(13-11-20)16-4-2-3-6-19-16/h2-4,6,15,18H,5,7-14H2,1H3. The fourth-order valence-corrected chi connectivity index (χ4v) is 3.31. The zero-order valence-electron chi connectivity index (χ0n) is 13.9. The van der Waals surface area contributed by atoms with E-state index in [0.717, 1.165) is 58.2 Å². The van der Waals surface area contributed by atoms with Gasteiger partial charge in [0.05, 0.1) is 0 Å². The lowest BCUT2D eigenvalue weighted by molar-refractivity contribution is -0.132. The molecule has 6 nitrogen and oxygen atoms in total. The molecule has 2 aliphatic rings. The third-order valence-electron chi connectivity index (χ3n) is 4.71. The van der Waals surface area contributed by atoms with E-state index in [1.54, 1.807) is 0 Å². The Morgan fingerprint density at radius 3 is 2.78 bits per heavy atom. The first kappa shape index (κ1) is 16.2. The summed E-state index contributed by atoms with van der Waals surface area (Å²) < 4.78 is 0. The zero-order valence-corrected chi connectivity index (χ0v) is 13.9. The summed E-state index contributed by atoms with van der Waals surface area (Å²) in [5.41, 5.74) is 0. The van der Waals surface area contributed by atoms with E-state index < -0.39 is 0 Å². The van der Waals surface area contributed by atoms with Crippen molar-refractivity contribution < 1.29 is 4.79 Å². The molecule has 126 valence electrons. The molecule has 1 atom stereocenters. The van der Waals surface area contributed by atoms with Crippen molar-refractivity contribution >= 4 is 11.7 Å². The Balaban J connectivity index is 1.40. The van der Waals surface area contributed by atoms with E-state index in [1.807, 2.05) is 23.2 Å². The molecule has 1 amide bonds. The van der Waals surface area contributed by atoms with Gasteiger partial charge < -0.3 is 15.1 Å². The minimum absolute atomic E-state index is 0.297. The summed E-state index contributed by atoms with van der Waals surface area (Å²) in [4.78, 5) is 23.4. The molecule has 0 aromatic carbocycles. The van der Waals surface area contributed by atoms with Crippen LogP contribution in [0.2, 0.25) is 0 Å². The highest BCUT2D eigenvalue weighted by molar-refractivity contribution is 5.76. The summed E-state index contributed by atoms with van der Waals surface area (Å²) in [5.74, 6) is 1.35. The molecule has 1 unspecified atom stereocenters. The monoisotopic (exact) mass is 317 g/mol. The molecular formula is C17H27N5O. The summed E-state index contributed by atoms with van der Waals surface area (Å²) in [6.45, 7) is 9.57. The van der Waals surface area contributed by atoms with Crippen LogP contribution in [0, 0.1) is 0 Å². The number of piperazine rings is 2. The van der Waals surface area contributed by atoms with Gasteiger partial charge in [-0.3, -0.25) is 9.69 Å². The second kappa shape index (κ2) is 7.75. The van der Waals surface area contributed by atoms with Gasteiger partial charge in [0, 0.05) is 71.0 Å². The van der Waals surface area contributed by atoms with Crippen LogP contribution in [0.3, 0.4) is 0 Å². The summed E-state index contributed by atoms with van der Waals surface area (Å²) in [6, 6.07) is 6.45. The van der Waals surface area contributed by atoms with Crippen molar-refractivity contribution in [3.8, 4) is 0 Å². The second-order valence-corrected chi connectivity index (χ2v) is 6.46. The molecule has 3 rings (SSSR count). The lowest BCUT2D eigenvalue weighted by Crippen LogP contribution is -2.52. The molecule has 0 radical (unpaired) electrons. The van der Waals surface area contributed by atoms with Crippen molar-refractivity contribution in [1.29, 1.82) is 0 Å². The van der Waals surface area contributed by atoms with Gasteiger partial charge in [0.25, 0.3) is 0 Å². The Labute approximate surface area is 138 Å². The van der Waals surface area contributed by atoms with Crippen molar-refractivity contribution in [1.82, 2.24) is 20.1 Å². The van der Waals surface area contributed by atoms with Crippen LogP contribution in [0.15, 0.2) is 24.4 Å². The van der Waals surface area contributed by atoms with Crippen molar-refractivity contribution in [3.05, 3.63) is 24.4 Å². The predicted octanol–water partition coefficient (Wildman–Crippen LogP) is 0.414. The smallest absolute Gasteiger partial charge is 0.223 e. The van der Waals surface area contributed by atoms with E-state index in [-0.39, 0.29) is 0 Å². The molecule has 0 spiro atoms. The van der Waals surface area contributed by atoms with E-state index >= 15 is 0 Å². The SMILES string of the molecule is CC1CN(C(=O)CCN2CCN(c3ccccn3)CC2)CCN1. The molecule has 1 N–H and O–H groups in total. The van der Waals surface area contributed by atoms with Crippen LogP contribution >= 0.6 is 0 Å². The molecule has 0 aliphatic carbocycles. The van der Waals surface area contributed by atoms with Gasteiger partial charge in [0.15, 0.2) is 0 Å². The van der Waals surface area contributed by atoms with E-state index in [0.29, 0.717) is 18.4 Å². The lowest BCUT2D eigenvalue weighted by Gasteiger charge is -2.36. The number of carbonyl (C=O) groups is 1. The molecule has 3 heterocycles. The largest absolute Gasteiger partial charge is 0.354 e.